The monoisotopic (exact) mass is 244 g/mol. The molecule has 0 atom stereocenters. The molecule has 0 aromatic heterocycles. The minimum Gasteiger partial charge on any atom is -0.355 e. The Labute approximate surface area is 103 Å². The van der Waals surface area contributed by atoms with Crippen molar-refractivity contribution in [2.75, 3.05) is 12.8 Å². The molecule has 1 fully saturated rings. The molecule has 3 nitrogen and oxygen atoms in total. The van der Waals surface area contributed by atoms with Crippen molar-refractivity contribution in [3.63, 3.8) is 0 Å². The molecule has 3 N–H and O–H groups in total. The van der Waals surface area contributed by atoms with Crippen LogP contribution in [-0.2, 0) is 4.79 Å². The average molecular weight is 244 g/mol. The molecule has 1 aliphatic carbocycles. The quantitative estimate of drug-likeness (QED) is 0.750. The van der Waals surface area contributed by atoms with Gasteiger partial charge in [-0.1, -0.05) is 6.42 Å². The lowest BCUT2D eigenvalue weighted by Gasteiger charge is -2.40. The minimum absolute atomic E-state index is 0.138. The molecule has 0 spiro atoms. The molecular formula is C12H24N2OS. The first-order valence-electron chi connectivity index (χ1n) is 5.98. The van der Waals surface area contributed by atoms with Crippen LogP contribution >= 0.6 is 11.8 Å². The van der Waals surface area contributed by atoms with Gasteiger partial charge in [-0.3, -0.25) is 4.79 Å². The molecule has 16 heavy (non-hydrogen) atoms. The summed E-state index contributed by atoms with van der Waals surface area (Å²) in [5.74, 6) is 0.138. The SMILES string of the molecule is CSC1(CNC(=O)CCC(C)(C)N)CCC1. The van der Waals surface area contributed by atoms with Crippen molar-refractivity contribution >= 4 is 17.7 Å². The number of hydrogen-bond donors (Lipinski definition) is 2. The van der Waals surface area contributed by atoms with Crippen LogP contribution in [0.15, 0.2) is 0 Å². The molecule has 1 saturated carbocycles. The summed E-state index contributed by atoms with van der Waals surface area (Å²) >= 11 is 1.89. The summed E-state index contributed by atoms with van der Waals surface area (Å²) in [7, 11) is 0. The molecule has 0 aromatic carbocycles. The molecule has 1 aliphatic rings. The smallest absolute Gasteiger partial charge is 0.220 e. The first-order chi connectivity index (χ1) is 7.37. The molecule has 1 amide bonds. The van der Waals surface area contributed by atoms with Crippen molar-refractivity contribution in [1.82, 2.24) is 5.32 Å². The highest BCUT2D eigenvalue weighted by Gasteiger charge is 2.36. The van der Waals surface area contributed by atoms with Crippen molar-refractivity contribution in [2.45, 2.75) is 56.2 Å². The van der Waals surface area contributed by atoms with Crippen LogP contribution in [0.4, 0.5) is 0 Å². The Morgan fingerprint density at radius 2 is 2.12 bits per heavy atom. The summed E-state index contributed by atoms with van der Waals surface area (Å²) in [6, 6.07) is 0. The number of carbonyl (C=O) groups is 1. The van der Waals surface area contributed by atoms with Gasteiger partial charge in [0.15, 0.2) is 0 Å². The summed E-state index contributed by atoms with van der Waals surface area (Å²) in [4.78, 5) is 11.6. The Morgan fingerprint density at radius 3 is 2.50 bits per heavy atom. The first-order valence-corrected chi connectivity index (χ1v) is 7.20. The third-order valence-electron chi connectivity index (χ3n) is 3.30. The van der Waals surface area contributed by atoms with Gasteiger partial charge in [0, 0.05) is 23.3 Å². The molecule has 4 heteroatoms. The van der Waals surface area contributed by atoms with Crippen molar-refractivity contribution < 1.29 is 4.79 Å². The van der Waals surface area contributed by atoms with Gasteiger partial charge < -0.3 is 11.1 Å². The molecular weight excluding hydrogens is 220 g/mol. The summed E-state index contributed by atoms with van der Waals surface area (Å²) in [5, 5.41) is 3.03. The predicted molar refractivity (Wildman–Crippen MR) is 70.6 cm³/mol. The minimum atomic E-state index is -0.245. The van der Waals surface area contributed by atoms with E-state index in [0.717, 1.165) is 13.0 Å². The van der Waals surface area contributed by atoms with Crippen LogP contribution in [0.3, 0.4) is 0 Å². The van der Waals surface area contributed by atoms with Crippen molar-refractivity contribution in [3.05, 3.63) is 0 Å². The van der Waals surface area contributed by atoms with E-state index in [1.54, 1.807) is 0 Å². The highest BCUT2D eigenvalue weighted by Crippen LogP contribution is 2.42. The molecule has 0 aliphatic heterocycles. The lowest BCUT2D eigenvalue weighted by Crippen LogP contribution is -2.45. The maximum absolute atomic E-state index is 11.6. The second kappa shape index (κ2) is 5.41. The number of nitrogens with one attached hydrogen (secondary N) is 1. The van der Waals surface area contributed by atoms with E-state index < -0.39 is 0 Å². The Kier molecular flexibility index (Phi) is 4.68. The molecule has 0 radical (unpaired) electrons. The van der Waals surface area contributed by atoms with Crippen LogP contribution < -0.4 is 11.1 Å². The van der Waals surface area contributed by atoms with Crippen LogP contribution in [0, 0.1) is 0 Å². The van der Waals surface area contributed by atoms with Crippen LogP contribution in [0.25, 0.3) is 0 Å². The number of nitrogens with two attached hydrogens (primary N) is 1. The fourth-order valence-electron chi connectivity index (χ4n) is 1.81. The van der Waals surface area contributed by atoms with E-state index in [4.69, 9.17) is 5.73 Å². The zero-order chi connectivity index (χ0) is 12.2. The Balaban J connectivity index is 2.20. The van der Waals surface area contributed by atoms with Crippen molar-refractivity contribution in [1.29, 1.82) is 0 Å². The number of amides is 1. The number of thioether (sulfide) groups is 1. The van der Waals surface area contributed by atoms with E-state index in [-0.39, 0.29) is 11.4 Å². The van der Waals surface area contributed by atoms with E-state index in [1.165, 1.54) is 19.3 Å². The van der Waals surface area contributed by atoms with Crippen LogP contribution in [-0.4, -0.2) is 29.0 Å². The van der Waals surface area contributed by atoms with Crippen molar-refractivity contribution in [2.24, 2.45) is 5.73 Å². The van der Waals surface area contributed by atoms with Crippen LogP contribution in [0.5, 0.6) is 0 Å². The summed E-state index contributed by atoms with van der Waals surface area (Å²) < 4.78 is 0.327. The summed E-state index contributed by atoms with van der Waals surface area (Å²) in [6.45, 7) is 4.73. The maximum Gasteiger partial charge on any atom is 0.220 e. The second-order valence-electron chi connectivity index (χ2n) is 5.51. The standard InChI is InChI=1S/C12H24N2OS/c1-11(2,13)8-5-10(15)14-9-12(16-3)6-4-7-12/h4-9,13H2,1-3H3,(H,14,15). The normalized spacial score (nSPS) is 19.0. The van der Waals surface area contributed by atoms with Gasteiger partial charge in [0.05, 0.1) is 0 Å². The molecule has 0 unspecified atom stereocenters. The zero-order valence-electron chi connectivity index (χ0n) is 10.6. The fraction of sp³-hybridized carbons (Fsp3) is 0.917. The third kappa shape index (κ3) is 4.34. The molecule has 94 valence electrons. The van der Waals surface area contributed by atoms with Gasteiger partial charge in [0.25, 0.3) is 0 Å². The van der Waals surface area contributed by atoms with Crippen LogP contribution in [0.1, 0.15) is 46.0 Å². The van der Waals surface area contributed by atoms with Gasteiger partial charge in [-0.05, 0) is 39.4 Å². The Bertz CT molecular complexity index is 238. The van der Waals surface area contributed by atoms with Gasteiger partial charge in [0.1, 0.15) is 0 Å². The van der Waals surface area contributed by atoms with Crippen molar-refractivity contribution in [3.8, 4) is 0 Å². The predicted octanol–water partition coefficient (Wildman–Crippen LogP) is 1.91. The topological polar surface area (TPSA) is 55.1 Å². The molecule has 0 aromatic rings. The largest absolute Gasteiger partial charge is 0.355 e. The fourth-order valence-corrected chi connectivity index (χ4v) is 2.72. The average Bonchev–Trinajstić information content (AvgIpc) is 2.13. The molecule has 0 saturated heterocycles. The Hall–Kier alpha value is -0.220. The third-order valence-corrected chi connectivity index (χ3v) is 4.72. The van der Waals surface area contributed by atoms with E-state index in [9.17, 15) is 4.79 Å². The first kappa shape index (κ1) is 13.8. The summed E-state index contributed by atoms with van der Waals surface area (Å²) in [6.07, 6.45) is 7.17. The molecule has 0 heterocycles. The lowest BCUT2D eigenvalue weighted by atomic mass is 9.84. The lowest BCUT2D eigenvalue weighted by molar-refractivity contribution is -0.121. The summed E-state index contributed by atoms with van der Waals surface area (Å²) in [5.41, 5.74) is 5.60. The van der Waals surface area contributed by atoms with E-state index in [1.807, 2.05) is 25.6 Å². The van der Waals surface area contributed by atoms with Gasteiger partial charge in [-0.2, -0.15) is 11.8 Å². The second-order valence-corrected chi connectivity index (χ2v) is 6.78. The van der Waals surface area contributed by atoms with E-state index in [0.29, 0.717) is 11.2 Å². The highest BCUT2D eigenvalue weighted by atomic mass is 32.2. The van der Waals surface area contributed by atoms with Gasteiger partial charge in [-0.25, -0.2) is 0 Å². The van der Waals surface area contributed by atoms with Gasteiger partial charge >= 0.3 is 0 Å². The molecule has 0 bridgehead atoms. The zero-order valence-corrected chi connectivity index (χ0v) is 11.5. The van der Waals surface area contributed by atoms with Gasteiger partial charge in [-0.15, -0.1) is 0 Å². The van der Waals surface area contributed by atoms with E-state index >= 15 is 0 Å². The Morgan fingerprint density at radius 1 is 1.50 bits per heavy atom. The number of hydrogen-bond acceptors (Lipinski definition) is 3. The van der Waals surface area contributed by atoms with E-state index in [2.05, 4.69) is 11.6 Å². The maximum atomic E-state index is 11.6. The van der Waals surface area contributed by atoms with Crippen LogP contribution in [0.2, 0.25) is 0 Å². The number of carbonyl (C=O) groups excluding carboxylic acids is 1. The van der Waals surface area contributed by atoms with Gasteiger partial charge in [0.2, 0.25) is 5.91 Å². The highest BCUT2D eigenvalue weighted by molar-refractivity contribution is 8.00. The number of rotatable bonds is 6. The molecule has 1 rings (SSSR count).